The number of ether oxygens (including phenoxy) is 1. The molecule has 0 radical (unpaired) electrons. The Hall–Kier alpha value is -2.38. The lowest BCUT2D eigenvalue weighted by atomic mass is 10.3. The first-order valence-electron chi connectivity index (χ1n) is 5.94. The van der Waals surface area contributed by atoms with E-state index in [2.05, 4.69) is 24.9 Å². The summed E-state index contributed by atoms with van der Waals surface area (Å²) >= 11 is 0. The van der Waals surface area contributed by atoms with Crippen molar-refractivity contribution in [3.05, 3.63) is 23.7 Å². The van der Waals surface area contributed by atoms with Gasteiger partial charge in [0.1, 0.15) is 23.8 Å². The molecule has 0 aliphatic heterocycles. The Labute approximate surface area is 110 Å². The average molecular weight is 264 g/mol. The molecule has 0 atom stereocenters. The zero-order valence-electron chi connectivity index (χ0n) is 10.9. The number of aromatic nitrogens is 5. The number of H-pyrrole nitrogens is 1. The fraction of sp³-hybridized carbons (Fsp3) is 0.455. The zero-order valence-corrected chi connectivity index (χ0v) is 10.9. The summed E-state index contributed by atoms with van der Waals surface area (Å²) in [6.07, 6.45) is 2.76. The maximum atomic E-state index is 11.5. The second-order valence-electron chi connectivity index (χ2n) is 3.94. The van der Waals surface area contributed by atoms with Gasteiger partial charge >= 0.3 is 5.97 Å². The van der Waals surface area contributed by atoms with Crippen molar-refractivity contribution in [3.8, 4) is 0 Å². The summed E-state index contributed by atoms with van der Waals surface area (Å²) in [6, 6.07) is 0. The summed E-state index contributed by atoms with van der Waals surface area (Å²) in [6.45, 7) is 2.53. The summed E-state index contributed by atoms with van der Waals surface area (Å²) in [5.74, 6) is 1.31. The topological polar surface area (TPSA) is 112 Å². The van der Waals surface area contributed by atoms with Crippen LogP contribution in [-0.4, -0.2) is 37.8 Å². The number of hydrogen-bond donors (Lipinski definition) is 2. The van der Waals surface area contributed by atoms with Crippen molar-refractivity contribution in [1.82, 2.24) is 24.7 Å². The monoisotopic (exact) mass is 264 g/mol. The number of esters is 1. The van der Waals surface area contributed by atoms with Gasteiger partial charge in [0.25, 0.3) is 0 Å². The smallest absolute Gasteiger partial charge is 0.360 e. The molecule has 0 saturated heterocycles. The number of aryl methyl sites for hydroxylation is 2. The van der Waals surface area contributed by atoms with Crippen LogP contribution in [0, 0.1) is 0 Å². The molecule has 0 saturated carbocycles. The Bertz CT molecular complexity index is 560. The minimum atomic E-state index is -0.523. The molecule has 8 nitrogen and oxygen atoms in total. The van der Waals surface area contributed by atoms with Gasteiger partial charge < -0.3 is 15.0 Å². The van der Waals surface area contributed by atoms with E-state index >= 15 is 0 Å². The highest BCUT2D eigenvalue weighted by molar-refractivity contribution is 5.92. The number of carbonyl (C=O) groups excluding carboxylic acids is 1. The Kier molecular flexibility index (Phi) is 3.79. The van der Waals surface area contributed by atoms with Gasteiger partial charge in [-0.2, -0.15) is 5.10 Å². The Balaban J connectivity index is 2.23. The zero-order chi connectivity index (χ0) is 13.8. The van der Waals surface area contributed by atoms with Crippen molar-refractivity contribution < 1.29 is 9.53 Å². The number of anilines is 1. The number of hydrogen-bond acceptors (Lipinski definition) is 6. The summed E-state index contributed by atoms with van der Waals surface area (Å²) in [7, 11) is 1.31. The van der Waals surface area contributed by atoms with Crippen LogP contribution >= 0.6 is 0 Å². The van der Waals surface area contributed by atoms with Crippen LogP contribution in [0.2, 0.25) is 0 Å². The molecule has 8 heteroatoms. The number of methoxy groups -OCH3 is 1. The number of nitrogens with two attached hydrogens (primary N) is 1. The van der Waals surface area contributed by atoms with E-state index < -0.39 is 5.97 Å². The molecule has 2 rings (SSSR count). The number of nitrogens with one attached hydrogen (secondary N) is 1. The second kappa shape index (κ2) is 5.51. The normalized spacial score (nSPS) is 10.6. The van der Waals surface area contributed by atoms with Crippen molar-refractivity contribution >= 4 is 11.8 Å². The molecular weight excluding hydrogens is 248 g/mol. The fourth-order valence-electron chi connectivity index (χ4n) is 1.85. The highest BCUT2D eigenvalue weighted by Crippen LogP contribution is 2.16. The molecule has 102 valence electrons. The molecule has 2 aromatic rings. The predicted molar refractivity (Wildman–Crippen MR) is 67.4 cm³/mol. The standard InChI is InChI=1S/C11H16N6O2/c1-3-8-15-9(11(18)19-2)10(12)17(8)5-4-7-13-6-14-16-7/h6H,3-5,12H2,1-2H3,(H,13,14,16). The van der Waals surface area contributed by atoms with Crippen LogP contribution < -0.4 is 5.73 Å². The van der Waals surface area contributed by atoms with Gasteiger partial charge in [0.15, 0.2) is 5.69 Å². The summed E-state index contributed by atoms with van der Waals surface area (Å²) < 4.78 is 6.46. The van der Waals surface area contributed by atoms with Crippen molar-refractivity contribution in [2.24, 2.45) is 0 Å². The van der Waals surface area contributed by atoms with Gasteiger partial charge in [0, 0.05) is 19.4 Å². The molecule has 0 aliphatic rings. The number of nitrogens with zero attached hydrogens (tertiary/aromatic N) is 4. The SMILES string of the molecule is CCc1nc(C(=O)OC)c(N)n1CCc1ncn[nH]1. The third-order valence-electron chi connectivity index (χ3n) is 2.82. The number of imidazole rings is 1. The molecule has 0 fully saturated rings. The largest absolute Gasteiger partial charge is 0.464 e. The van der Waals surface area contributed by atoms with Crippen molar-refractivity contribution in [2.45, 2.75) is 26.3 Å². The molecular formula is C11H16N6O2. The van der Waals surface area contributed by atoms with E-state index in [1.165, 1.54) is 13.4 Å². The lowest BCUT2D eigenvalue weighted by molar-refractivity contribution is 0.0595. The van der Waals surface area contributed by atoms with Crippen LogP contribution in [0.3, 0.4) is 0 Å². The van der Waals surface area contributed by atoms with Crippen molar-refractivity contribution in [1.29, 1.82) is 0 Å². The number of nitrogen functional groups attached to an aromatic ring is 1. The first kappa shape index (κ1) is 13.1. The maximum absolute atomic E-state index is 11.5. The summed E-state index contributed by atoms with van der Waals surface area (Å²) in [4.78, 5) is 19.8. The molecule has 2 heterocycles. The lowest BCUT2D eigenvalue weighted by Gasteiger charge is -2.07. The third kappa shape index (κ3) is 2.56. The van der Waals surface area contributed by atoms with Crippen molar-refractivity contribution in [2.75, 3.05) is 12.8 Å². The van der Waals surface area contributed by atoms with E-state index in [1.807, 2.05) is 6.92 Å². The maximum Gasteiger partial charge on any atom is 0.360 e. The molecule has 19 heavy (non-hydrogen) atoms. The molecule has 0 bridgehead atoms. The van der Waals surface area contributed by atoms with Crippen LogP contribution in [0.25, 0.3) is 0 Å². The molecule has 3 N–H and O–H groups in total. The molecule has 2 aromatic heterocycles. The molecule has 0 unspecified atom stereocenters. The van der Waals surface area contributed by atoms with E-state index in [9.17, 15) is 4.79 Å². The van der Waals surface area contributed by atoms with Crippen LogP contribution in [0.4, 0.5) is 5.82 Å². The third-order valence-corrected chi connectivity index (χ3v) is 2.82. The van der Waals surface area contributed by atoms with Gasteiger partial charge in [0.05, 0.1) is 7.11 Å². The van der Waals surface area contributed by atoms with Gasteiger partial charge in [-0.15, -0.1) is 0 Å². The first-order chi connectivity index (χ1) is 9.17. The van der Waals surface area contributed by atoms with E-state index in [-0.39, 0.29) is 5.69 Å². The van der Waals surface area contributed by atoms with Crippen molar-refractivity contribution in [3.63, 3.8) is 0 Å². The van der Waals surface area contributed by atoms with Gasteiger partial charge in [-0.1, -0.05) is 6.92 Å². The minimum absolute atomic E-state index is 0.164. The van der Waals surface area contributed by atoms with E-state index in [4.69, 9.17) is 5.73 Å². The number of carbonyl (C=O) groups is 1. The van der Waals surface area contributed by atoms with E-state index in [0.717, 1.165) is 11.6 Å². The highest BCUT2D eigenvalue weighted by Gasteiger charge is 2.20. The number of rotatable bonds is 5. The Morgan fingerprint density at radius 3 is 2.95 bits per heavy atom. The predicted octanol–water partition coefficient (Wildman–Crippen LogP) is 0.175. The van der Waals surface area contributed by atoms with Crippen LogP contribution in [0.5, 0.6) is 0 Å². The molecule has 0 spiro atoms. The minimum Gasteiger partial charge on any atom is -0.464 e. The van der Waals surface area contributed by atoms with Crippen LogP contribution in [0.15, 0.2) is 6.33 Å². The summed E-state index contributed by atoms with van der Waals surface area (Å²) in [5, 5.41) is 6.56. The number of aromatic amines is 1. The highest BCUT2D eigenvalue weighted by atomic mass is 16.5. The Morgan fingerprint density at radius 2 is 2.37 bits per heavy atom. The van der Waals surface area contributed by atoms with Crippen LogP contribution in [0.1, 0.15) is 29.1 Å². The van der Waals surface area contributed by atoms with Crippen LogP contribution in [-0.2, 0) is 24.1 Å². The molecule has 0 aromatic carbocycles. The van der Waals surface area contributed by atoms with E-state index in [1.54, 1.807) is 4.57 Å². The Morgan fingerprint density at radius 1 is 1.58 bits per heavy atom. The first-order valence-corrected chi connectivity index (χ1v) is 5.94. The fourth-order valence-corrected chi connectivity index (χ4v) is 1.85. The van der Waals surface area contributed by atoms with Gasteiger partial charge in [0.2, 0.25) is 0 Å². The van der Waals surface area contributed by atoms with Gasteiger partial charge in [-0.05, 0) is 0 Å². The quantitative estimate of drug-likeness (QED) is 0.745. The average Bonchev–Trinajstić information content (AvgIpc) is 3.03. The molecule has 0 amide bonds. The van der Waals surface area contributed by atoms with Gasteiger partial charge in [-0.3, -0.25) is 5.10 Å². The molecule has 0 aliphatic carbocycles. The van der Waals surface area contributed by atoms with E-state index in [0.29, 0.717) is 25.2 Å². The van der Waals surface area contributed by atoms with Gasteiger partial charge in [-0.25, -0.2) is 14.8 Å². The second-order valence-corrected chi connectivity index (χ2v) is 3.94. The summed E-state index contributed by atoms with van der Waals surface area (Å²) in [5.41, 5.74) is 6.11. The lowest BCUT2D eigenvalue weighted by Crippen LogP contribution is -2.11.